The molecule has 2 aromatic carbocycles. The van der Waals surface area contributed by atoms with E-state index in [4.69, 9.17) is 16.3 Å². The second-order valence-electron chi connectivity index (χ2n) is 9.86. The van der Waals surface area contributed by atoms with Gasteiger partial charge in [0.2, 0.25) is 5.78 Å². The molecule has 11 heteroatoms. The number of benzene rings is 2. The van der Waals surface area contributed by atoms with Gasteiger partial charge in [0, 0.05) is 6.42 Å². The highest BCUT2D eigenvalue weighted by Crippen LogP contribution is 2.36. The average molecular weight is 564 g/mol. The molecule has 1 aromatic heterocycles. The maximum absolute atomic E-state index is 16.4. The quantitative estimate of drug-likeness (QED) is 0.292. The lowest BCUT2D eigenvalue weighted by Gasteiger charge is -2.36. The smallest absolute Gasteiger partial charge is 0.306 e. The van der Waals surface area contributed by atoms with E-state index in [9.17, 15) is 14.7 Å². The number of hydrogen-bond donors (Lipinski definition) is 3. The summed E-state index contributed by atoms with van der Waals surface area (Å²) in [4.78, 5) is 29.1. The number of carboxylic acid groups (broad SMARTS) is 1. The van der Waals surface area contributed by atoms with E-state index >= 15 is 8.78 Å². The fraction of sp³-hybridized carbons (Fsp3) is 0.444. The van der Waals surface area contributed by atoms with Gasteiger partial charge in [0.25, 0.3) is 5.85 Å². The molecule has 1 saturated carbocycles. The molecule has 0 amide bonds. The van der Waals surface area contributed by atoms with Crippen LogP contribution in [-0.4, -0.2) is 46.4 Å². The minimum Gasteiger partial charge on any atom is -0.481 e. The Morgan fingerprint density at radius 2 is 1.97 bits per heavy atom. The summed E-state index contributed by atoms with van der Waals surface area (Å²) in [6.45, 7) is 0.547. The highest BCUT2D eigenvalue weighted by Gasteiger charge is 2.50. The minimum absolute atomic E-state index is 0.0342. The molecule has 2 unspecified atom stereocenters. The predicted molar refractivity (Wildman–Crippen MR) is 142 cm³/mol. The first-order valence-electron chi connectivity index (χ1n) is 12.7. The molecule has 0 radical (unpaired) electrons. The monoisotopic (exact) mass is 563 g/mol. The Morgan fingerprint density at radius 3 is 2.66 bits per heavy atom. The van der Waals surface area contributed by atoms with Crippen molar-refractivity contribution in [2.24, 2.45) is 5.92 Å². The Balaban J connectivity index is 1.32. The molecule has 2 atom stereocenters. The standard InChI is InChI=1S/C27H28ClF2N3O4S/c28-18-12-16(19(29)14-21(18)33-26-32-20-4-1-2-5-22(20)38-26)13-24(34)27(30,23-6-3-11-31-23)37-17-9-7-15(8-10-17)25(35)36/h1-2,4-5,12,14-15,17,23,31H,3,6-11,13H2,(H,32,33)(H,35,36). The minimum atomic E-state index is -2.66. The largest absolute Gasteiger partial charge is 0.481 e. The number of rotatable bonds is 9. The maximum atomic E-state index is 16.4. The number of alkyl halides is 1. The van der Waals surface area contributed by atoms with E-state index in [2.05, 4.69) is 15.6 Å². The fourth-order valence-electron chi connectivity index (χ4n) is 5.17. The van der Waals surface area contributed by atoms with Crippen molar-refractivity contribution in [2.45, 2.75) is 62.9 Å². The first-order chi connectivity index (χ1) is 18.2. The lowest BCUT2D eigenvalue weighted by molar-refractivity contribution is -0.205. The third-order valence-corrected chi connectivity index (χ3v) is 8.54. The van der Waals surface area contributed by atoms with E-state index < -0.39 is 47.9 Å². The molecule has 3 aromatic rings. The molecular weight excluding hydrogens is 536 g/mol. The number of halogens is 3. The van der Waals surface area contributed by atoms with Crippen molar-refractivity contribution in [1.29, 1.82) is 0 Å². The molecule has 2 aliphatic rings. The number of para-hydroxylation sites is 1. The Morgan fingerprint density at radius 1 is 1.21 bits per heavy atom. The molecule has 5 rings (SSSR count). The van der Waals surface area contributed by atoms with Gasteiger partial charge >= 0.3 is 5.97 Å². The van der Waals surface area contributed by atoms with Gasteiger partial charge in [-0.1, -0.05) is 35.1 Å². The van der Waals surface area contributed by atoms with Crippen LogP contribution < -0.4 is 10.6 Å². The van der Waals surface area contributed by atoms with Crippen molar-refractivity contribution in [3.05, 3.63) is 52.8 Å². The van der Waals surface area contributed by atoms with Gasteiger partial charge in [-0.15, -0.1) is 0 Å². The number of Topliss-reactive ketones (excluding diaryl/α,β-unsaturated/α-hetero) is 1. The van der Waals surface area contributed by atoms with Crippen LogP contribution in [0.4, 0.5) is 19.6 Å². The van der Waals surface area contributed by atoms with Gasteiger partial charge in [-0.25, -0.2) is 13.8 Å². The Hall–Kier alpha value is -2.66. The number of nitrogens with one attached hydrogen (secondary N) is 2. The van der Waals surface area contributed by atoms with E-state index in [0.717, 1.165) is 10.2 Å². The van der Waals surface area contributed by atoms with Crippen molar-refractivity contribution in [3.8, 4) is 0 Å². The number of aromatic nitrogens is 1. The molecule has 0 bridgehead atoms. The van der Waals surface area contributed by atoms with Crippen LogP contribution in [0.3, 0.4) is 0 Å². The zero-order valence-corrected chi connectivity index (χ0v) is 22.1. The number of hydrogen-bond acceptors (Lipinski definition) is 7. The van der Waals surface area contributed by atoms with Crippen LogP contribution in [0.5, 0.6) is 0 Å². The zero-order chi connectivity index (χ0) is 26.9. The number of ketones is 1. The van der Waals surface area contributed by atoms with Crippen molar-refractivity contribution >= 4 is 55.7 Å². The molecule has 7 nitrogen and oxygen atoms in total. The lowest BCUT2D eigenvalue weighted by atomic mass is 9.87. The Bertz CT molecular complexity index is 1310. The van der Waals surface area contributed by atoms with E-state index in [1.807, 2.05) is 24.3 Å². The normalized spacial score (nSPS) is 23.3. The van der Waals surface area contributed by atoms with Gasteiger partial charge in [-0.2, -0.15) is 0 Å². The number of aliphatic carboxylic acids is 1. The molecule has 202 valence electrons. The first-order valence-corrected chi connectivity index (χ1v) is 13.9. The number of ether oxygens (including phenoxy) is 1. The Kier molecular flexibility index (Phi) is 7.95. The summed E-state index contributed by atoms with van der Waals surface area (Å²) in [5, 5.41) is 16.0. The van der Waals surface area contributed by atoms with Gasteiger partial charge in [-0.3, -0.25) is 9.59 Å². The van der Waals surface area contributed by atoms with E-state index in [0.29, 0.717) is 50.2 Å². The van der Waals surface area contributed by atoms with Crippen molar-refractivity contribution in [2.75, 3.05) is 11.9 Å². The van der Waals surface area contributed by atoms with E-state index in [1.54, 1.807) is 0 Å². The summed E-state index contributed by atoms with van der Waals surface area (Å²) in [6.07, 6.45) is 1.36. The highest BCUT2D eigenvalue weighted by molar-refractivity contribution is 7.22. The molecule has 0 spiro atoms. The van der Waals surface area contributed by atoms with Gasteiger partial charge in [0.15, 0.2) is 5.13 Å². The summed E-state index contributed by atoms with van der Waals surface area (Å²) in [5.74, 6) is -5.62. The van der Waals surface area contributed by atoms with Gasteiger partial charge in [-0.05, 0) is 74.9 Å². The molecule has 1 saturated heterocycles. The molecule has 2 heterocycles. The first kappa shape index (κ1) is 26.9. The molecular formula is C27H28ClF2N3O4S. The molecule has 3 N–H and O–H groups in total. The fourth-order valence-corrected chi connectivity index (χ4v) is 6.28. The van der Waals surface area contributed by atoms with Gasteiger partial charge < -0.3 is 20.5 Å². The summed E-state index contributed by atoms with van der Waals surface area (Å²) < 4.78 is 38.3. The zero-order valence-electron chi connectivity index (χ0n) is 20.5. The van der Waals surface area contributed by atoms with E-state index in [1.165, 1.54) is 23.5 Å². The van der Waals surface area contributed by atoms with Crippen LogP contribution in [0.2, 0.25) is 5.02 Å². The van der Waals surface area contributed by atoms with Crippen LogP contribution >= 0.6 is 22.9 Å². The van der Waals surface area contributed by atoms with Crippen molar-refractivity contribution in [3.63, 3.8) is 0 Å². The van der Waals surface area contributed by atoms with Crippen LogP contribution in [-0.2, 0) is 20.7 Å². The average Bonchev–Trinajstić information content (AvgIpc) is 3.57. The number of anilines is 2. The second kappa shape index (κ2) is 11.2. The van der Waals surface area contributed by atoms with Crippen molar-refractivity contribution in [1.82, 2.24) is 10.3 Å². The van der Waals surface area contributed by atoms with Crippen LogP contribution in [0.15, 0.2) is 36.4 Å². The third-order valence-electron chi connectivity index (χ3n) is 7.27. The molecule has 1 aliphatic heterocycles. The highest BCUT2D eigenvalue weighted by atomic mass is 35.5. The SMILES string of the molecule is O=C(O)C1CCC(OC(F)(C(=O)Cc2cc(Cl)c(Nc3nc4ccccc4s3)cc2F)C2CCCN2)CC1. The summed E-state index contributed by atoms with van der Waals surface area (Å²) >= 11 is 7.81. The van der Waals surface area contributed by atoms with Gasteiger partial charge in [0.05, 0.1) is 39.0 Å². The van der Waals surface area contributed by atoms with Crippen LogP contribution in [0.1, 0.15) is 44.1 Å². The number of nitrogens with zero attached hydrogens (tertiary/aromatic N) is 1. The number of carboxylic acids is 1. The summed E-state index contributed by atoms with van der Waals surface area (Å²) in [5.41, 5.74) is 1.05. The van der Waals surface area contributed by atoms with Crippen molar-refractivity contribution < 1.29 is 28.2 Å². The summed E-state index contributed by atoms with van der Waals surface area (Å²) in [6, 6.07) is 9.23. The maximum Gasteiger partial charge on any atom is 0.306 e. The lowest BCUT2D eigenvalue weighted by Crippen LogP contribution is -2.55. The molecule has 38 heavy (non-hydrogen) atoms. The molecule has 2 fully saturated rings. The van der Waals surface area contributed by atoms with Crippen LogP contribution in [0, 0.1) is 11.7 Å². The molecule has 1 aliphatic carbocycles. The number of thiazole rings is 1. The Labute approximate surface area is 227 Å². The topological polar surface area (TPSA) is 101 Å². The van der Waals surface area contributed by atoms with E-state index in [-0.39, 0.29) is 16.3 Å². The van der Waals surface area contributed by atoms with Gasteiger partial charge in [0.1, 0.15) is 5.82 Å². The third kappa shape index (κ3) is 5.68. The van der Waals surface area contributed by atoms with Crippen LogP contribution in [0.25, 0.3) is 10.2 Å². The number of fused-ring (bicyclic) bond motifs is 1. The predicted octanol–water partition coefficient (Wildman–Crippen LogP) is 6.02. The summed E-state index contributed by atoms with van der Waals surface area (Å²) in [7, 11) is 0. The second-order valence-corrected chi connectivity index (χ2v) is 11.3. The number of carbonyl (C=O) groups excluding carboxylic acids is 1. The number of carbonyl (C=O) groups is 2.